The Morgan fingerprint density at radius 2 is 1.71 bits per heavy atom. The zero-order valence-corrected chi connectivity index (χ0v) is 17.8. The lowest BCUT2D eigenvalue weighted by Crippen LogP contribution is -2.52. The van der Waals surface area contributed by atoms with E-state index < -0.39 is 6.10 Å². The van der Waals surface area contributed by atoms with Crippen molar-refractivity contribution in [2.24, 2.45) is 0 Å². The van der Waals surface area contributed by atoms with Crippen molar-refractivity contribution in [3.8, 4) is 5.75 Å². The molecule has 4 heteroatoms. The molecule has 2 aromatic rings. The van der Waals surface area contributed by atoms with Gasteiger partial charge < -0.3 is 14.5 Å². The molecule has 1 saturated heterocycles. The van der Waals surface area contributed by atoms with E-state index in [1.54, 1.807) is 0 Å². The second-order valence-corrected chi connectivity index (χ2v) is 7.82. The summed E-state index contributed by atoms with van der Waals surface area (Å²) in [5.41, 5.74) is 6.13. The Morgan fingerprint density at radius 1 is 1.00 bits per heavy atom. The zero-order chi connectivity index (χ0) is 20.3. The molecule has 4 nitrogen and oxygen atoms in total. The van der Waals surface area contributed by atoms with Crippen molar-refractivity contribution in [1.29, 1.82) is 0 Å². The highest BCUT2D eigenvalue weighted by molar-refractivity contribution is 5.81. The second-order valence-electron chi connectivity index (χ2n) is 7.82. The summed E-state index contributed by atoms with van der Waals surface area (Å²) in [4.78, 5) is 17.4. The molecule has 1 heterocycles. The molecule has 3 rings (SSSR count). The molecule has 1 aliphatic rings. The number of carbonyl (C=O) groups excluding carboxylic acids is 1. The van der Waals surface area contributed by atoms with Crippen LogP contribution in [-0.4, -0.2) is 43.1 Å². The molecule has 0 radical (unpaired) electrons. The summed E-state index contributed by atoms with van der Waals surface area (Å²) < 4.78 is 6.13. The van der Waals surface area contributed by atoms with E-state index in [-0.39, 0.29) is 5.91 Å². The Bertz CT molecular complexity index is 838. The van der Waals surface area contributed by atoms with Crippen LogP contribution >= 0.6 is 0 Å². The predicted molar refractivity (Wildman–Crippen MR) is 115 cm³/mol. The van der Waals surface area contributed by atoms with Crippen LogP contribution in [0.25, 0.3) is 0 Å². The molecule has 1 aliphatic heterocycles. The van der Waals surface area contributed by atoms with Gasteiger partial charge in [-0.25, -0.2) is 0 Å². The summed E-state index contributed by atoms with van der Waals surface area (Å²) in [5.74, 6) is 0.915. The first kappa shape index (κ1) is 20.2. The van der Waals surface area contributed by atoms with E-state index in [0.717, 1.165) is 43.1 Å². The molecule has 0 spiro atoms. The summed E-state index contributed by atoms with van der Waals surface area (Å²) in [5, 5.41) is 0. The highest BCUT2D eigenvalue weighted by atomic mass is 16.5. The van der Waals surface area contributed by atoms with Crippen molar-refractivity contribution in [1.82, 2.24) is 4.90 Å². The van der Waals surface area contributed by atoms with Gasteiger partial charge >= 0.3 is 0 Å². The molecule has 1 fully saturated rings. The molecule has 0 aromatic heterocycles. The average molecular weight is 381 g/mol. The third-order valence-electron chi connectivity index (χ3n) is 5.77. The van der Waals surface area contributed by atoms with Crippen LogP contribution in [0.3, 0.4) is 0 Å². The summed E-state index contributed by atoms with van der Waals surface area (Å²) in [6.07, 6.45) is 0.247. The molecule has 0 unspecified atom stereocenters. The molecule has 0 aliphatic carbocycles. The predicted octanol–water partition coefficient (Wildman–Crippen LogP) is 4.43. The molecule has 2 aromatic carbocycles. The summed E-state index contributed by atoms with van der Waals surface area (Å²) in [7, 11) is 0. The number of benzene rings is 2. The minimum atomic E-state index is -0.423. The van der Waals surface area contributed by atoms with E-state index in [1.165, 1.54) is 16.8 Å². The standard InChI is InChI=1S/C24H32N2O2/c1-6-22(28-23-16-17(2)10-11-19(23)4)24(27)26-14-12-25(13-15-26)21-9-7-8-18(3)20(21)5/h7-11,16,22H,6,12-15H2,1-5H3/t22-/m1/s1. The Morgan fingerprint density at radius 3 is 2.39 bits per heavy atom. The topological polar surface area (TPSA) is 32.8 Å². The maximum atomic E-state index is 13.1. The zero-order valence-electron chi connectivity index (χ0n) is 17.8. The van der Waals surface area contributed by atoms with Gasteiger partial charge in [0.05, 0.1) is 0 Å². The third kappa shape index (κ3) is 4.32. The molecular weight excluding hydrogens is 348 g/mol. The minimum Gasteiger partial charge on any atom is -0.480 e. The van der Waals surface area contributed by atoms with E-state index >= 15 is 0 Å². The fourth-order valence-corrected chi connectivity index (χ4v) is 3.75. The number of hydrogen-bond donors (Lipinski definition) is 0. The third-order valence-corrected chi connectivity index (χ3v) is 5.77. The van der Waals surface area contributed by atoms with Gasteiger partial charge in [0.25, 0.3) is 5.91 Å². The van der Waals surface area contributed by atoms with E-state index in [9.17, 15) is 4.79 Å². The van der Waals surface area contributed by atoms with Gasteiger partial charge in [0.1, 0.15) is 5.75 Å². The number of anilines is 1. The van der Waals surface area contributed by atoms with Gasteiger partial charge in [0.15, 0.2) is 6.10 Å². The Labute approximate surface area is 169 Å². The van der Waals surface area contributed by atoms with E-state index in [1.807, 2.05) is 37.8 Å². The highest BCUT2D eigenvalue weighted by Gasteiger charge is 2.28. The number of amides is 1. The monoisotopic (exact) mass is 380 g/mol. The van der Waals surface area contributed by atoms with Gasteiger partial charge in [-0.15, -0.1) is 0 Å². The van der Waals surface area contributed by atoms with Gasteiger partial charge in [-0.05, 0) is 68.5 Å². The van der Waals surface area contributed by atoms with Crippen LogP contribution < -0.4 is 9.64 Å². The maximum absolute atomic E-state index is 13.1. The van der Waals surface area contributed by atoms with Crippen molar-refractivity contribution in [3.63, 3.8) is 0 Å². The van der Waals surface area contributed by atoms with Crippen molar-refractivity contribution in [3.05, 3.63) is 58.7 Å². The summed E-state index contributed by atoms with van der Waals surface area (Å²) >= 11 is 0. The lowest BCUT2D eigenvalue weighted by molar-refractivity contribution is -0.139. The first-order valence-electron chi connectivity index (χ1n) is 10.2. The maximum Gasteiger partial charge on any atom is 0.263 e. The Balaban J connectivity index is 1.65. The van der Waals surface area contributed by atoms with E-state index in [2.05, 4.69) is 43.0 Å². The van der Waals surface area contributed by atoms with Crippen molar-refractivity contribution in [2.75, 3.05) is 31.1 Å². The number of hydrogen-bond acceptors (Lipinski definition) is 3. The number of carbonyl (C=O) groups is 1. The average Bonchev–Trinajstić information content (AvgIpc) is 2.70. The van der Waals surface area contributed by atoms with Gasteiger partial charge in [0.2, 0.25) is 0 Å². The number of ether oxygens (including phenoxy) is 1. The van der Waals surface area contributed by atoms with Gasteiger partial charge in [-0.1, -0.05) is 31.2 Å². The smallest absolute Gasteiger partial charge is 0.263 e. The lowest BCUT2D eigenvalue weighted by Gasteiger charge is -2.38. The number of piperazine rings is 1. The van der Waals surface area contributed by atoms with Crippen LogP contribution in [0.4, 0.5) is 5.69 Å². The largest absolute Gasteiger partial charge is 0.480 e. The van der Waals surface area contributed by atoms with E-state index in [0.29, 0.717) is 6.42 Å². The van der Waals surface area contributed by atoms with Gasteiger partial charge in [-0.3, -0.25) is 4.79 Å². The molecule has 0 saturated carbocycles. The highest BCUT2D eigenvalue weighted by Crippen LogP contribution is 2.25. The quantitative estimate of drug-likeness (QED) is 0.769. The van der Waals surface area contributed by atoms with Gasteiger partial charge in [-0.2, -0.15) is 0 Å². The first-order chi connectivity index (χ1) is 13.4. The van der Waals surface area contributed by atoms with Crippen molar-refractivity contribution in [2.45, 2.75) is 47.1 Å². The fraction of sp³-hybridized carbons (Fsp3) is 0.458. The van der Waals surface area contributed by atoms with Crippen LogP contribution in [0.5, 0.6) is 5.75 Å². The summed E-state index contributed by atoms with van der Waals surface area (Å²) in [6.45, 7) is 13.6. The van der Waals surface area contributed by atoms with Crippen molar-refractivity contribution >= 4 is 11.6 Å². The van der Waals surface area contributed by atoms with Crippen LogP contribution in [-0.2, 0) is 4.79 Å². The summed E-state index contributed by atoms with van der Waals surface area (Å²) in [6, 6.07) is 12.6. The van der Waals surface area contributed by atoms with Crippen molar-refractivity contribution < 1.29 is 9.53 Å². The molecule has 150 valence electrons. The number of rotatable bonds is 5. The van der Waals surface area contributed by atoms with E-state index in [4.69, 9.17) is 4.74 Å². The molecule has 0 N–H and O–H groups in total. The Kier molecular flexibility index (Phi) is 6.28. The van der Waals surface area contributed by atoms with Crippen LogP contribution in [0.15, 0.2) is 36.4 Å². The molecule has 1 amide bonds. The van der Waals surface area contributed by atoms with Crippen LogP contribution in [0, 0.1) is 27.7 Å². The Hall–Kier alpha value is -2.49. The number of nitrogens with zero attached hydrogens (tertiary/aromatic N) is 2. The molecule has 28 heavy (non-hydrogen) atoms. The minimum absolute atomic E-state index is 0.101. The second kappa shape index (κ2) is 8.68. The first-order valence-corrected chi connectivity index (χ1v) is 10.2. The van der Waals surface area contributed by atoms with Crippen LogP contribution in [0.1, 0.15) is 35.6 Å². The lowest BCUT2D eigenvalue weighted by atomic mass is 10.1. The van der Waals surface area contributed by atoms with Crippen LogP contribution in [0.2, 0.25) is 0 Å². The molecule has 1 atom stereocenters. The fourth-order valence-electron chi connectivity index (χ4n) is 3.75. The molecular formula is C24H32N2O2. The number of aryl methyl sites for hydroxylation is 3. The molecule has 0 bridgehead atoms. The SMILES string of the molecule is CC[C@@H](Oc1cc(C)ccc1C)C(=O)N1CCN(c2cccc(C)c2C)CC1. The van der Waals surface area contributed by atoms with Gasteiger partial charge in [0, 0.05) is 31.9 Å². The normalized spacial score (nSPS) is 15.5.